The number of hydrogen-bond donors (Lipinski definition) is 0. The van der Waals surface area contributed by atoms with Gasteiger partial charge in [0.15, 0.2) is 0 Å². The molecule has 1 aromatic carbocycles. The third kappa shape index (κ3) is 2.97. The molecule has 2 aromatic heterocycles. The number of aromatic nitrogens is 2. The Kier molecular flexibility index (Phi) is 4.16. The lowest BCUT2D eigenvalue weighted by atomic mass is 9.83. The standard InChI is InChI=1S/C20H17N3/c1-14-18(5-3-11-22-14)20(19-6-4-12-23-15(19)2)17-9-7-16(13-21)8-10-17/h3-12,20H,1-2H3. The van der Waals surface area contributed by atoms with Crippen molar-refractivity contribution in [1.29, 1.82) is 5.26 Å². The Labute approximate surface area is 136 Å². The zero-order chi connectivity index (χ0) is 16.2. The van der Waals surface area contributed by atoms with Crippen LogP contribution in [0.1, 0.15) is 39.6 Å². The monoisotopic (exact) mass is 299 g/mol. The van der Waals surface area contributed by atoms with Crippen LogP contribution in [-0.2, 0) is 0 Å². The Bertz CT molecular complexity index is 815. The molecular weight excluding hydrogens is 282 g/mol. The minimum atomic E-state index is 0.0603. The fourth-order valence-electron chi connectivity index (χ4n) is 2.88. The van der Waals surface area contributed by atoms with Crippen LogP contribution >= 0.6 is 0 Å². The van der Waals surface area contributed by atoms with E-state index in [9.17, 15) is 0 Å². The molecule has 0 saturated carbocycles. The third-order valence-corrected chi connectivity index (χ3v) is 4.09. The predicted octanol–water partition coefficient (Wildman–Crippen LogP) is 4.15. The molecule has 0 fully saturated rings. The van der Waals surface area contributed by atoms with E-state index in [1.807, 2.05) is 62.6 Å². The van der Waals surface area contributed by atoms with Gasteiger partial charge in [0.1, 0.15) is 0 Å². The van der Waals surface area contributed by atoms with E-state index in [-0.39, 0.29) is 5.92 Å². The summed E-state index contributed by atoms with van der Waals surface area (Å²) >= 11 is 0. The maximum Gasteiger partial charge on any atom is 0.0991 e. The predicted molar refractivity (Wildman–Crippen MR) is 90.1 cm³/mol. The summed E-state index contributed by atoms with van der Waals surface area (Å²) < 4.78 is 0. The average molecular weight is 299 g/mol. The summed E-state index contributed by atoms with van der Waals surface area (Å²) in [5, 5.41) is 9.02. The van der Waals surface area contributed by atoms with Crippen LogP contribution in [0, 0.1) is 25.2 Å². The largest absolute Gasteiger partial charge is 0.261 e. The van der Waals surface area contributed by atoms with Crippen molar-refractivity contribution in [3.63, 3.8) is 0 Å². The van der Waals surface area contributed by atoms with Gasteiger partial charge in [-0.1, -0.05) is 24.3 Å². The highest BCUT2D eigenvalue weighted by atomic mass is 14.7. The molecule has 0 aliphatic carbocycles. The van der Waals surface area contributed by atoms with Gasteiger partial charge in [-0.15, -0.1) is 0 Å². The van der Waals surface area contributed by atoms with Crippen molar-refractivity contribution in [1.82, 2.24) is 9.97 Å². The van der Waals surface area contributed by atoms with Crippen molar-refractivity contribution < 1.29 is 0 Å². The normalized spacial score (nSPS) is 10.5. The van der Waals surface area contributed by atoms with E-state index in [4.69, 9.17) is 5.26 Å². The van der Waals surface area contributed by atoms with Crippen molar-refractivity contribution in [2.24, 2.45) is 0 Å². The SMILES string of the molecule is Cc1ncccc1C(c1ccc(C#N)cc1)c1cccnc1C. The van der Waals surface area contributed by atoms with Crippen LogP contribution in [0.5, 0.6) is 0 Å². The van der Waals surface area contributed by atoms with Crippen LogP contribution in [0.15, 0.2) is 60.9 Å². The Balaban J connectivity index is 2.20. The Hall–Kier alpha value is -2.99. The van der Waals surface area contributed by atoms with Gasteiger partial charge in [0.05, 0.1) is 11.6 Å². The van der Waals surface area contributed by atoms with Crippen molar-refractivity contribution in [2.45, 2.75) is 19.8 Å². The molecule has 3 rings (SSSR count). The molecule has 0 N–H and O–H groups in total. The zero-order valence-corrected chi connectivity index (χ0v) is 13.2. The summed E-state index contributed by atoms with van der Waals surface area (Å²) in [6, 6.07) is 18.1. The molecule has 23 heavy (non-hydrogen) atoms. The summed E-state index contributed by atoms with van der Waals surface area (Å²) in [5.74, 6) is 0.0603. The maximum absolute atomic E-state index is 9.02. The van der Waals surface area contributed by atoms with Crippen molar-refractivity contribution in [3.05, 3.63) is 94.6 Å². The molecule has 0 radical (unpaired) electrons. The van der Waals surface area contributed by atoms with Gasteiger partial charge >= 0.3 is 0 Å². The molecule has 0 bridgehead atoms. The third-order valence-electron chi connectivity index (χ3n) is 4.09. The molecule has 0 spiro atoms. The van der Waals surface area contributed by atoms with Crippen molar-refractivity contribution in [2.75, 3.05) is 0 Å². The van der Waals surface area contributed by atoms with Gasteiger partial charge in [-0.25, -0.2) is 0 Å². The Morgan fingerprint density at radius 1 is 0.826 bits per heavy atom. The van der Waals surface area contributed by atoms with Gasteiger partial charge in [0, 0.05) is 29.7 Å². The van der Waals surface area contributed by atoms with E-state index in [0.717, 1.165) is 28.1 Å². The number of rotatable bonds is 3. The number of hydrogen-bond acceptors (Lipinski definition) is 3. The molecule has 0 aliphatic heterocycles. The van der Waals surface area contributed by atoms with E-state index < -0.39 is 0 Å². The summed E-state index contributed by atoms with van der Waals surface area (Å²) in [4.78, 5) is 8.88. The minimum Gasteiger partial charge on any atom is -0.261 e. The summed E-state index contributed by atoms with van der Waals surface area (Å²) in [5.41, 5.74) is 6.13. The Morgan fingerprint density at radius 2 is 1.35 bits per heavy atom. The van der Waals surface area contributed by atoms with Gasteiger partial charge in [-0.2, -0.15) is 5.26 Å². The highest BCUT2D eigenvalue weighted by Crippen LogP contribution is 2.34. The minimum absolute atomic E-state index is 0.0603. The van der Waals surface area contributed by atoms with Gasteiger partial charge in [-0.05, 0) is 54.8 Å². The van der Waals surface area contributed by atoms with E-state index in [2.05, 4.69) is 28.2 Å². The second-order valence-electron chi connectivity index (χ2n) is 5.52. The second-order valence-corrected chi connectivity index (χ2v) is 5.52. The number of pyridine rings is 2. The molecule has 0 unspecified atom stereocenters. The topological polar surface area (TPSA) is 49.6 Å². The fraction of sp³-hybridized carbons (Fsp3) is 0.150. The van der Waals surface area contributed by atoms with Crippen LogP contribution in [0.4, 0.5) is 0 Å². The smallest absolute Gasteiger partial charge is 0.0991 e. The molecule has 3 nitrogen and oxygen atoms in total. The lowest BCUT2D eigenvalue weighted by Crippen LogP contribution is -2.08. The number of aryl methyl sites for hydroxylation is 2. The first kappa shape index (κ1) is 14.9. The lowest BCUT2D eigenvalue weighted by Gasteiger charge is -2.21. The quantitative estimate of drug-likeness (QED) is 0.730. The van der Waals surface area contributed by atoms with Gasteiger partial charge in [0.25, 0.3) is 0 Å². The molecule has 0 atom stereocenters. The highest BCUT2D eigenvalue weighted by molar-refractivity contribution is 5.47. The summed E-state index contributed by atoms with van der Waals surface area (Å²) in [7, 11) is 0. The Morgan fingerprint density at radius 3 is 1.78 bits per heavy atom. The average Bonchev–Trinajstić information content (AvgIpc) is 2.59. The fourth-order valence-corrected chi connectivity index (χ4v) is 2.88. The molecule has 2 heterocycles. The second kappa shape index (κ2) is 6.41. The molecule has 0 saturated heterocycles. The van der Waals surface area contributed by atoms with E-state index >= 15 is 0 Å². The molecular formula is C20H17N3. The molecule has 0 amide bonds. The van der Waals surface area contributed by atoms with Crippen molar-refractivity contribution in [3.8, 4) is 6.07 Å². The number of nitriles is 1. The van der Waals surface area contributed by atoms with Gasteiger partial charge < -0.3 is 0 Å². The molecule has 112 valence electrons. The molecule has 0 aliphatic rings. The molecule has 3 heteroatoms. The lowest BCUT2D eigenvalue weighted by molar-refractivity contribution is 0.910. The first-order valence-corrected chi connectivity index (χ1v) is 7.54. The van der Waals surface area contributed by atoms with Crippen LogP contribution in [-0.4, -0.2) is 9.97 Å². The van der Waals surface area contributed by atoms with Crippen LogP contribution in [0.2, 0.25) is 0 Å². The van der Waals surface area contributed by atoms with Crippen LogP contribution < -0.4 is 0 Å². The van der Waals surface area contributed by atoms with Crippen LogP contribution in [0.25, 0.3) is 0 Å². The van der Waals surface area contributed by atoms with E-state index in [1.54, 1.807) is 0 Å². The van der Waals surface area contributed by atoms with Gasteiger partial charge in [-0.3, -0.25) is 9.97 Å². The summed E-state index contributed by atoms with van der Waals surface area (Å²) in [6.07, 6.45) is 3.62. The number of benzene rings is 1. The first-order valence-electron chi connectivity index (χ1n) is 7.54. The number of nitrogens with zero attached hydrogens (tertiary/aromatic N) is 3. The van der Waals surface area contributed by atoms with E-state index in [1.165, 1.54) is 0 Å². The van der Waals surface area contributed by atoms with E-state index in [0.29, 0.717) is 5.56 Å². The molecule has 3 aromatic rings. The van der Waals surface area contributed by atoms with Crippen molar-refractivity contribution >= 4 is 0 Å². The maximum atomic E-state index is 9.02. The van der Waals surface area contributed by atoms with Crippen LogP contribution in [0.3, 0.4) is 0 Å². The zero-order valence-electron chi connectivity index (χ0n) is 13.2. The first-order chi connectivity index (χ1) is 11.2. The van der Waals surface area contributed by atoms with Gasteiger partial charge in [0.2, 0.25) is 0 Å². The summed E-state index contributed by atoms with van der Waals surface area (Å²) in [6.45, 7) is 4.05. The highest BCUT2D eigenvalue weighted by Gasteiger charge is 2.21.